The molecule has 6 nitrogen and oxygen atoms in total. The van der Waals surface area contributed by atoms with E-state index in [2.05, 4.69) is 20.3 Å². The number of pyridine rings is 1. The highest BCUT2D eigenvalue weighted by molar-refractivity contribution is 5.79. The fourth-order valence-electron chi connectivity index (χ4n) is 3.60. The van der Waals surface area contributed by atoms with Gasteiger partial charge in [-0.1, -0.05) is 19.1 Å². The van der Waals surface area contributed by atoms with E-state index in [1.165, 1.54) is 30.6 Å². The predicted molar refractivity (Wildman–Crippen MR) is 115 cm³/mol. The summed E-state index contributed by atoms with van der Waals surface area (Å²) in [6, 6.07) is 5.92. The van der Waals surface area contributed by atoms with Crippen LogP contribution in [0.5, 0.6) is 0 Å². The molecule has 0 unspecified atom stereocenters. The molecule has 1 amide bonds. The van der Waals surface area contributed by atoms with Gasteiger partial charge in [0.15, 0.2) is 5.82 Å². The lowest BCUT2D eigenvalue weighted by Crippen LogP contribution is -2.59. The van der Waals surface area contributed by atoms with Gasteiger partial charge in [0.2, 0.25) is 5.91 Å². The highest BCUT2D eigenvalue weighted by Crippen LogP contribution is 2.35. The fourth-order valence-corrected chi connectivity index (χ4v) is 3.60. The Morgan fingerprint density at radius 3 is 2.48 bits per heavy atom. The van der Waals surface area contributed by atoms with Crippen molar-refractivity contribution in [3.05, 3.63) is 60.3 Å². The number of aromatic nitrogens is 3. The van der Waals surface area contributed by atoms with Crippen molar-refractivity contribution in [3.8, 4) is 22.5 Å². The minimum absolute atomic E-state index is 0.00886. The van der Waals surface area contributed by atoms with Gasteiger partial charge in [0.1, 0.15) is 11.5 Å². The molecular weight excluding hydrogens is 438 g/mol. The van der Waals surface area contributed by atoms with Crippen molar-refractivity contribution in [2.75, 3.05) is 18.0 Å². The lowest BCUT2D eigenvalue weighted by molar-refractivity contribution is -0.137. The Morgan fingerprint density at radius 1 is 1.12 bits per heavy atom. The van der Waals surface area contributed by atoms with Crippen LogP contribution < -0.4 is 10.2 Å². The zero-order valence-electron chi connectivity index (χ0n) is 17.7. The van der Waals surface area contributed by atoms with Gasteiger partial charge in [-0.25, -0.2) is 9.37 Å². The number of nitrogens with one attached hydrogen (secondary N) is 1. The fraction of sp³-hybridized carbons (Fsp3) is 0.304. The van der Waals surface area contributed by atoms with Crippen LogP contribution in [0, 0.1) is 5.82 Å². The van der Waals surface area contributed by atoms with E-state index in [0.717, 1.165) is 24.8 Å². The number of anilines is 1. The first-order valence-electron chi connectivity index (χ1n) is 10.4. The van der Waals surface area contributed by atoms with Gasteiger partial charge in [-0.05, 0) is 24.6 Å². The van der Waals surface area contributed by atoms with E-state index < -0.39 is 17.6 Å². The number of hydrogen-bond donors (Lipinski definition) is 1. The molecule has 0 spiro atoms. The Labute approximate surface area is 187 Å². The summed E-state index contributed by atoms with van der Waals surface area (Å²) in [5, 5.41) is 2.94. The number of halogens is 4. The number of carbonyl (C=O) groups excluding carboxylic acids is 1. The van der Waals surface area contributed by atoms with E-state index in [0.29, 0.717) is 30.9 Å². The normalized spacial score (nSPS) is 14.2. The van der Waals surface area contributed by atoms with Crippen LogP contribution in [0.25, 0.3) is 22.5 Å². The summed E-state index contributed by atoms with van der Waals surface area (Å²) in [4.78, 5) is 26.4. The molecule has 3 heterocycles. The quantitative estimate of drug-likeness (QED) is 0.551. The maximum atomic E-state index is 14.6. The van der Waals surface area contributed by atoms with E-state index in [1.54, 1.807) is 0 Å². The van der Waals surface area contributed by atoms with Crippen molar-refractivity contribution in [3.63, 3.8) is 0 Å². The number of carbonyl (C=O) groups is 1. The summed E-state index contributed by atoms with van der Waals surface area (Å²) >= 11 is 0. The molecule has 0 saturated carbocycles. The van der Waals surface area contributed by atoms with Crippen LogP contribution in [0.15, 0.2) is 48.9 Å². The van der Waals surface area contributed by atoms with Crippen molar-refractivity contribution < 1.29 is 22.4 Å². The molecule has 2 aromatic heterocycles. The maximum Gasteiger partial charge on any atom is 0.416 e. The number of hydrogen-bond acceptors (Lipinski definition) is 5. The summed E-state index contributed by atoms with van der Waals surface area (Å²) in [6.07, 6.45) is 0.716. The summed E-state index contributed by atoms with van der Waals surface area (Å²) < 4.78 is 53.4. The molecule has 1 saturated heterocycles. The van der Waals surface area contributed by atoms with Gasteiger partial charge in [0, 0.05) is 36.8 Å². The largest absolute Gasteiger partial charge is 0.416 e. The van der Waals surface area contributed by atoms with Gasteiger partial charge < -0.3 is 10.2 Å². The van der Waals surface area contributed by atoms with Gasteiger partial charge in [-0.15, -0.1) is 0 Å². The molecule has 1 aromatic carbocycles. The van der Waals surface area contributed by atoms with Crippen LogP contribution >= 0.6 is 0 Å². The maximum absolute atomic E-state index is 14.6. The number of amides is 1. The predicted octanol–water partition coefficient (Wildman–Crippen LogP) is 4.47. The topological polar surface area (TPSA) is 71.0 Å². The lowest BCUT2D eigenvalue weighted by atomic mass is 10.0. The summed E-state index contributed by atoms with van der Waals surface area (Å²) in [7, 11) is 0. The van der Waals surface area contributed by atoms with Crippen molar-refractivity contribution in [1.82, 2.24) is 20.3 Å². The van der Waals surface area contributed by atoms with Gasteiger partial charge in [0.25, 0.3) is 0 Å². The zero-order valence-corrected chi connectivity index (χ0v) is 17.7. The molecule has 3 aromatic rings. The first-order valence-corrected chi connectivity index (χ1v) is 10.4. The molecule has 0 bridgehead atoms. The monoisotopic (exact) mass is 459 g/mol. The van der Waals surface area contributed by atoms with Gasteiger partial charge in [-0.2, -0.15) is 13.2 Å². The van der Waals surface area contributed by atoms with E-state index in [-0.39, 0.29) is 28.9 Å². The standard InChI is InChI=1S/C23H21F4N5O/c1-2-3-20(33)30-16-12-32(13-16)19-11-29-21(14-4-6-15(7-5-14)23(25,26)27)22(31-19)17-8-9-28-10-18(17)24/h4-11,16H,2-3,12-13H2,1H3,(H,30,33). The van der Waals surface area contributed by atoms with Crippen LogP contribution in [0.2, 0.25) is 0 Å². The van der Waals surface area contributed by atoms with Gasteiger partial charge >= 0.3 is 6.18 Å². The van der Waals surface area contributed by atoms with Crippen LogP contribution in [-0.4, -0.2) is 40.0 Å². The minimum atomic E-state index is -4.46. The average molecular weight is 459 g/mol. The second kappa shape index (κ2) is 9.13. The Kier molecular flexibility index (Phi) is 6.26. The Balaban J connectivity index is 1.65. The molecule has 0 aliphatic carbocycles. The lowest BCUT2D eigenvalue weighted by Gasteiger charge is -2.40. The first-order chi connectivity index (χ1) is 15.8. The van der Waals surface area contributed by atoms with Gasteiger partial charge in [0.05, 0.1) is 29.7 Å². The SMILES string of the molecule is CCCC(=O)NC1CN(c2cnc(-c3ccc(C(F)(F)F)cc3)c(-c3ccncc3F)n2)C1. The van der Waals surface area contributed by atoms with E-state index >= 15 is 0 Å². The summed E-state index contributed by atoms with van der Waals surface area (Å²) in [5.41, 5.74) is 0.185. The smallest absolute Gasteiger partial charge is 0.351 e. The molecular formula is C23H21F4N5O. The highest BCUT2D eigenvalue weighted by atomic mass is 19.4. The third-order valence-corrected chi connectivity index (χ3v) is 5.32. The summed E-state index contributed by atoms with van der Waals surface area (Å²) in [6.45, 7) is 2.99. The van der Waals surface area contributed by atoms with Crippen LogP contribution in [0.3, 0.4) is 0 Å². The van der Waals surface area contributed by atoms with Crippen LogP contribution in [0.1, 0.15) is 25.3 Å². The Morgan fingerprint density at radius 2 is 1.85 bits per heavy atom. The third-order valence-electron chi connectivity index (χ3n) is 5.32. The second-order valence-corrected chi connectivity index (χ2v) is 7.78. The molecule has 172 valence electrons. The molecule has 1 fully saturated rings. The average Bonchev–Trinajstić information content (AvgIpc) is 2.76. The molecule has 10 heteroatoms. The van der Waals surface area contributed by atoms with Crippen molar-refractivity contribution in [2.24, 2.45) is 0 Å². The number of alkyl halides is 3. The number of rotatable bonds is 6. The molecule has 33 heavy (non-hydrogen) atoms. The molecule has 1 N–H and O–H groups in total. The number of benzene rings is 1. The molecule has 1 aliphatic rings. The zero-order chi connectivity index (χ0) is 23.6. The highest BCUT2D eigenvalue weighted by Gasteiger charge is 2.31. The van der Waals surface area contributed by atoms with E-state index in [1.807, 2.05) is 11.8 Å². The third kappa shape index (κ3) is 4.94. The number of nitrogens with zero attached hydrogens (tertiary/aromatic N) is 4. The van der Waals surface area contributed by atoms with E-state index in [4.69, 9.17) is 0 Å². The van der Waals surface area contributed by atoms with Crippen molar-refractivity contribution in [1.29, 1.82) is 0 Å². The van der Waals surface area contributed by atoms with Crippen LogP contribution in [0.4, 0.5) is 23.4 Å². The Bertz CT molecular complexity index is 1140. The summed E-state index contributed by atoms with van der Waals surface area (Å²) in [5.74, 6) is -0.145. The first kappa shape index (κ1) is 22.6. The van der Waals surface area contributed by atoms with E-state index in [9.17, 15) is 22.4 Å². The molecule has 0 radical (unpaired) electrons. The Hall–Kier alpha value is -3.56. The van der Waals surface area contributed by atoms with Crippen LogP contribution in [-0.2, 0) is 11.0 Å². The molecule has 1 aliphatic heterocycles. The van der Waals surface area contributed by atoms with Crippen molar-refractivity contribution >= 4 is 11.7 Å². The van der Waals surface area contributed by atoms with Crippen molar-refractivity contribution in [2.45, 2.75) is 32.0 Å². The molecule has 0 atom stereocenters. The molecule has 4 rings (SSSR count). The van der Waals surface area contributed by atoms with Gasteiger partial charge in [-0.3, -0.25) is 14.8 Å². The minimum Gasteiger partial charge on any atom is -0.351 e. The second-order valence-electron chi connectivity index (χ2n) is 7.78.